The van der Waals surface area contributed by atoms with Crippen LogP contribution in [0.3, 0.4) is 0 Å². The zero-order valence-electron chi connectivity index (χ0n) is 10.2. The maximum absolute atomic E-state index is 5.70. The Morgan fingerprint density at radius 1 is 1.50 bits per heavy atom. The molecule has 2 atom stereocenters. The van der Waals surface area contributed by atoms with Crippen LogP contribution in [-0.4, -0.2) is 12.7 Å². The molecule has 0 bridgehead atoms. The molecule has 2 aromatic heterocycles. The van der Waals surface area contributed by atoms with Crippen molar-refractivity contribution in [3.8, 4) is 0 Å². The van der Waals surface area contributed by atoms with Gasteiger partial charge in [-0.3, -0.25) is 11.3 Å². The monoisotopic (exact) mass is 282 g/mol. The summed E-state index contributed by atoms with van der Waals surface area (Å²) in [4.78, 5) is 1.34. The molecule has 0 radical (unpaired) electrons. The maximum atomic E-state index is 5.70. The van der Waals surface area contributed by atoms with Gasteiger partial charge in [0.05, 0.1) is 12.1 Å². The second-order valence-corrected chi connectivity index (χ2v) is 6.79. The average molecular weight is 282 g/mol. The highest BCUT2D eigenvalue weighted by Gasteiger charge is 2.19. The van der Waals surface area contributed by atoms with Crippen LogP contribution >= 0.6 is 22.7 Å². The van der Waals surface area contributed by atoms with E-state index in [2.05, 4.69) is 22.9 Å². The third-order valence-corrected chi connectivity index (χ3v) is 5.71. The Labute approximate surface area is 115 Å². The fraction of sp³-hybridized carbons (Fsp3) is 0.538. The highest BCUT2D eigenvalue weighted by molar-refractivity contribution is 7.26. The molecule has 0 saturated carbocycles. The van der Waals surface area contributed by atoms with E-state index in [4.69, 9.17) is 10.6 Å². The van der Waals surface area contributed by atoms with Crippen LogP contribution in [0.2, 0.25) is 0 Å². The van der Waals surface area contributed by atoms with Crippen LogP contribution in [0.1, 0.15) is 36.6 Å². The van der Waals surface area contributed by atoms with Crippen LogP contribution in [0.5, 0.6) is 0 Å². The number of thiophene rings is 2. The molecule has 2 aromatic rings. The van der Waals surface area contributed by atoms with Gasteiger partial charge in [-0.2, -0.15) is 0 Å². The lowest BCUT2D eigenvalue weighted by Crippen LogP contribution is -2.28. The molecular formula is C13H18N2OS2. The van der Waals surface area contributed by atoms with Crippen molar-refractivity contribution in [2.45, 2.75) is 37.8 Å². The number of nitrogens with two attached hydrogens (primary N) is 1. The molecule has 1 aliphatic heterocycles. The van der Waals surface area contributed by atoms with E-state index < -0.39 is 0 Å². The van der Waals surface area contributed by atoms with Crippen molar-refractivity contribution in [1.82, 2.24) is 5.43 Å². The lowest BCUT2D eigenvalue weighted by Gasteiger charge is -2.16. The van der Waals surface area contributed by atoms with Gasteiger partial charge in [0.15, 0.2) is 0 Å². The van der Waals surface area contributed by atoms with Crippen LogP contribution in [0.15, 0.2) is 17.5 Å². The summed E-state index contributed by atoms with van der Waals surface area (Å²) in [5, 5.41) is 2.14. The molecule has 0 amide bonds. The van der Waals surface area contributed by atoms with Gasteiger partial charge in [-0.05, 0) is 43.2 Å². The fourth-order valence-corrected chi connectivity index (χ4v) is 4.70. The lowest BCUT2D eigenvalue weighted by atomic mass is 10.1. The van der Waals surface area contributed by atoms with E-state index in [1.807, 2.05) is 11.3 Å². The van der Waals surface area contributed by atoms with Crippen LogP contribution in [0.4, 0.5) is 0 Å². The third kappa shape index (κ3) is 2.60. The minimum atomic E-state index is 0.263. The second-order valence-electron chi connectivity index (χ2n) is 4.73. The van der Waals surface area contributed by atoms with Crippen LogP contribution in [0.25, 0.3) is 9.40 Å². The first-order valence-corrected chi connectivity index (χ1v) is 8.11. The fourth-order valence-electron chi connectivity index (χ4n) is 2.49. The predicted octanol–water partition coefficient (Wildman–Crippen LogP) is 3.43. The first-order chi connectivity index (χ1) is 8.86. The Morgan fingerprint density at radius 2 is 2.44 bits per heavy atom. The zero-order valence-corrected chi connectivity index (χ0v) is 11.9. The Bertz CT molecular complexity index is 473. The number of fused-ring (bicyclic) bond motifs is 1. The molecule has 98 valence electrons. The molecule has 3 N–H and O–H groups in total. The van der Waals surface area contributed by atoms with E-state index >= 15 is 0 Å². The van der Waals surface area contributed by atoms with E-state index in [0.717, 1.165) is 19.4 Å². The standard InChI is InChI=1S/C13H18N2OS2/c14-15-10(4-3-9-2-1-6-16-9)12-8-13-11(18-12)5-7-17-13/h5,7-10,15H,1-4,6,14H2. The van der Waals surface area contributed by atoms with Gasteiger partial charge >= 0.3 is 0 Å². The van der Waals surface area contributed by atoms with Crippen molar-refractivity contribution in [3.05, 3.63) is 22.4 Å². The topological polar surface area (TPSA) is 47.3 Å². The number of ether oxygens (including phenoxy) is 1. The quantitative estimate of drug-likeness (QED) is 0.652. The van der Waals surface area contributed by atoms with Gasteiger partial charge < -0.3 is 4.74 Å². The highest BCUT2D eigenvalue weighted by atomic mass is 32.1. The number of hydrogen-bond acceptors (Lipinski definition) is 5. The van der Waals surface area contributed by atoms with Crippen molar-refractivity contribution in [1.29, 1.82) is 0 Å². The number of rotatable bonds is 5. The summed E-state index contributed by atoms with van der Waals surface area (Å²) < 4.78 is 8.40. The van der Waals surface area contributed by atoms with Gasteiger partial charge in [0.25, 0.3) is 0 Å². The normalized spacial score (nSPS) is 21.7. The molecule has 1 aliphatic rings. The van der Waals surface area contributed by atoms with Crippen LogP contribution in [-0.2, 0) is 4.74 Å². The largest absolute Gasteiger partial charge is 0.378 e. The Kier molecular flexibility index (Phi) is 3.96. The van der Waals surface area contributed by atoms with Gasteiger partial charge in [-0.15, -0.1) is 22.7 Å². The van der Waals surface area contributed by atoms with E-state index in [1.165, 1.54) is 27.1 Å². The number of hydrazine groups is 1. The van der Waals surface area contributed by atoms with E-state index in [0.29, 0.717) is 6.10 Å². The molecule has 1 fully saturated rings. The number of nitrogens with one attached hydrogen (secondary N) is 1. The van der Waals surface area contributed by atoms with Gasteiger partial charge in [-0.25, -0.2) is 0 Å². The lowest BCUT2D eigenvalue weighted by molar-refractivity contribution is 0.0997. The Hall–Kier alpha value is -0.460. The Balaban J connectivity index is 1.65. The van der Waals surface area contributed by atoms with Gasteiger partial charge in [0, 0.05) is 20.9 Å². The molecule has 2 unspecified atom stereocenters. The maximum Gasteiger partial charge on any atom is 0.0576 e. The summed E-state index contributed by atoms with van der Waals surface area (Å²) in [6, 6.07) is 4.71. The molecule has 0 aliphatic carbocycles. The molecule has 3 heterocycles. The highest BCUT2D eigenvalue weighted by Crippen LogP contribution is 2.35. The van der Waals surface area contributed by atoms with Gasteiger partial charge in [0.1, 0.15) is 0 Å². The predicted molar refractivity (Wildman–Crippen MR) is 78.0 cm³/mol. The van der Waals surface area contributed by atoms with Crippen molar-refractivity contribution in [2.75, 3.05) is 6.61 Å². The zero-order chi connectivity index (χ0) is 12.4. The van der Waals surface area contributed by atoms with Gasteiger partial charge in [-0.1, -0.05) is 0 Å². The molecule has 5 heteroatoms. The van der Waals surface area contributed by atoms with E-state index in [1.54, 1.807) is 11.3 Å². The summed E-state index contributed by atoms with van der Waals surface area (Å²) >= 11 is 3.64. The summed E-state index contributed by atoms with van der Waals surface area (Å²) in [5.74, 6) is 5.70. The van der Waals surface area contributed by atoms with E-state index in [9.17, 15) is 0 Å². The second kappa shape index (κ2) is 5.67. The Morgan fingerprint density at radius 3 is 3.17 bits per heavy atom. The average Bonchev–Trinajstić information content (AvgIpc) is 3.04. The summed E-state index contributed by atoms with van der Waals surface area (Å²) in [6.45, 7) is 0.931. The number of hydrogen-bond donors (Lipinski definition) is 2. The minimum absolute atomic E-state index is 0.263. The summed E-state index contributed by atoms with van der Waals surface area (Å²) in [7, 11) is 0. The first kappa shape index (κ1) is 12.6. The van der Waals surface area contributed by atoms with Gasteiger partial charge in [0.2, 0.25) is 0 Å². The SMILES string of the molecule is NNC(CCC1CCCO1)c1cc2sccc2s1. The van der Waals surface area contributed by atoms with Crippen LogP contribution in [0, 0.1) is 0 Å². The molecule has 0 spiro atoms. The summed E-state index contributed by atoms with van der Waals surface area (Å²) in [6.07, 6.45) is 5.01. The molecular weight excluding hydrogens is 264 g/mol. The first-order valence-electron chi connectivity index (χ1n) is 6.41. The third-order valence-electron chi connectivity index (χ3n) is 3.50. The molecule has 0 aromatic carbocycles. The van der Waals surface area contributed by atoms with Crippen molar-refractivity contribution >= 4 is 32.1 Å². The molecule has 3 nitrogen and oxygen atoms in total. The smallest absolute Gasteiger partial charge is 0.0576 e. The van der Waals surface area contributed by atoms with Crippen LogP contribution < -0.4 is 11.3 Å². The van der Waals surface area contributed by atoms with Crippen molar-refractivity contribution < 1.29 is 4.74 Å². The molecule has 1 saturated heterocycles. The van der Waals surface area contributed by atoms with Crippen molar-refractivity contribution in [2.24, 2.45) is 5.84 Å². The molecule has 18 heavy (non-hydrogen) atoms. The minimum Gasteiger partial charge on any atom is -0.378 e. The van der Waals surface area contributed by atoms with E-state index in [-0.39, 0.29) is 6.04 Å². The van der Waals surface area contributed by atoms with Crippen molar-refractivity contribution in [3.63, 3.8) is 0 Å². The summed E-state index contributed by atoms with van der Waals surface area (Å²) in [5.41, 5.74) is 2.95. The molecule has 3 rings (SSSR count).